The number of hydrazone groups is 1. The second-order valence-electron chi connectivity index (χ2n) is 5.26. The van der Waals surface area contributed by atoms with Crippen LogP contribution in [0.3, 0.4) is 0 Å². The summed E-state index contributed by atoms with van der Waals surface area (Å²) in [5, 5.41) is 4.84. The highest BCUT2D eigenvalue weighted by Gasteiger charge is 2.11. The lowest BCUT2D eigenvalue weighted by Gasteiger charge is -2.04. The van der Waals surface area contributed by atoms with Gasteiger partial charge in [-0.05, 0) is 36.8 Å². The van der Waals surface area contributed by atoms with Crippen LogP contribution in [-0.4, -0.2) is 27.4 Å². The molecule has 0 spiro atoms. The first kappa shape index (κ1) is 17.7. The highest BCUT2D eigenvalue weighted by molar-refractivity contribution is 9.10. The fourth-order valence-electron chi connectivity index (χ4n) is 2.40. The molecule has 128 valence electrons. The van der Waals surface area contributed by atoms with Crippen molar-refractivity contribution in [2.45, 2.75) is 18.6 Å². The third-order valence-electron chi connectivity index (χ3n) is 3.52. The Morgan fingerprint density at radius 3 is 2.96 bits per heavy atom. The third-order valence-corrected chi connectivity index (χ3v) is 4.99. The first-order valence-electron chi connectivity index (χ1n) is 7.83. The molecule has 5 nitrogen and oxygen atoms in total. The van der Waals surface area contributed by atoms with E-state index in [-0.39, 0.29) is 11.7 Å². The van der Waals surface area contributed by atoms with Gasteiger partial charge in [0.05, 0.1) is 23.0 Å². The van der Waals surface area contributed by atoms with E-state index in [1.165, 1.54) is 11.8 Å². The maximum absolute atomic E-state index is 12.0. The van der Waals surface area contributed by atoms with Crippen LogP contribution in [0.5, 0.6) is 0 Å². The van der Waals surface area contributed by atoms with Gasteiger partial charge in [-0.15, -0.1) is 0 Å². The fraction of sp³-hybridized carbons (Fsp3) is 0.167. The van der Waals surface area contributed by atoms with E-state index in [1.807, 2.05) is 48.5 Å². The summed E-state index contributed by atoms with van der Waals surface area (Å²) in [5.41, 5.74) is 5.49. The molecule has 3 rings (SSSR count). The molecule has 0 aliphatic heterocycles. The summed E-state index contributed by atoms with van der Waals surface area (Å²) in [6.45, 7) is 2.88. The summed E-state index contributed by atoms with van der Waals surface area (Å²) in [5.74, 6) is 0.102. The maximum atomic E-state index is 12.0. The number of nitrogens with one attached hydrogen (secondary N) is 1. The SMILES string of the molecule is CCn1c(SCC(=O)NN=Cc2cccc(Br)c2)nc2ccccc21. The maximum Gasteiger partial charge on any atom is 0.250 e. The zero-order chi connectivity index (χ0) is 17.6. The second-order valence-corrected chi connectivity index (χ2v) is 7.12. The molecular formula is C18H17BrN4OS. The van der Waals surface area contributed by atoms with Crippen molar-refractivity contribution < 1.29 is 4.79 Å². The smallest absolute Gasteiger partial charge is 0.250 e. The molecule has 0 fully saturated rings. The first-order chi connectivity index (χ1) is 12.2. The van der Waals surface area contributed by atoms with Crippen LogP contribution in [-0.2, 0) is 11.3 Å². The number of amides is 1. The number of benzene rings is 2. The molecule has 2 aromatic carbocycles. The molecule has 0 aliphatic carbocycles. The van der Waals surface area contributed by atoms with Crippen LogP contribution < -0.4 is 5.43 Å². The number of aryl methyl sites for hydroxylation is 1. The molecule has 1 amide bonds. The largest absolute Gasteiger partial charge is 0.319 e. The van der Waals surface area contributed by atoms with Crippen molar-refractivity contribution in [3.05, 3.63) is 58.6 Å². The van der Waals surface area contributed by atoms with Gasteiger partial charge in [-0.1, -0.05) is 52.0 Å². The van der Waals surface area contributed by atoms with E-state index in [9.17, 15) is 4.79 Å². The van der Waals surface area contributed by atoms with Crippen LogP contribution in [0.25, 0.3) is 11.0 Å². The van der Waals surface area contributed by atoms with Crippen LogP contribution in [0.15, 0.2) is 63.3 Å². The number of carbonyl (C=O) groups excluding carboxylic acids is 1. The van der Waals surface area contributed by atoms with Gasteiger partial charge in [-0.25, -0.2) is 10.4 Å². The van der Waals surface area contributed by atoms with Crippen molar-refractivity contribution in [2.75, 3.05) is 5.75 Å². The summed E-state index contributed by atoms with van der Waals surface area (Å²) < 4.78 is 3.08. The number of hydrogen-bond acceptors (Lipinski definition) is 4. The number of fused-ring (bicyclic) bond motifs is 1. The van der Waals surface area contributed by atoms with E-state index in [1.54, 1.807) is 6.21 Å². The van der Waals surface area contributed by atoms with Crippen molar-refractivity contribution in [2.24, 2.45) is 5.10 Å². The van der Waals surface area contributed by atoms with Crippen LogP contribution >= 0.6 is 27.7 Å². The predicted molar refractivity (Wildman–Crippen MR) is 106 cm³/mol. The molecule has 1 aromatic heterocycles. The summed E-state index contributed by atoms with van der Waals surface area (Å²) in [7, 11) is 0. The number of hydrogen-bond donors (Lipinski definition) is 1. The van der Waals surface area contributed by atoms with E-state index >= 15 is 0 Å². The highest BCUT2D eigenvalue weighted by atomic mass is 79.9. The number of thioether (sulfide) groups is 1. The molecule has 0 radical (unpaired) electrons. The van der Waals surface area contributed by atoms with Crippen molar-refractivity contribution in [3.8, 4) is 0 Å². The van der Waals surface area contributed by atoms with E-state index in [2.05, 4.69) is 42.9 Å². The van der Waals surface area contributed by atoms with Crippen LogP contribution in [0.2, 0.25) is 0 Å². The molecule has 25 heavy (non-hydrogen) atoms. The molecule has 7 heteroatoms. The Morgan fingerprint density at radius 1 is 1.32 bits per heavy atom. The number of rotatable bonds is 6. The van der Waals surface area contributed by atoms with Gasteiger partial charge in [0.15, 0.2) is 5.16 Å². The van der Waals surface area contributed by atoms with Crippen LogP contribution in [0.1, 0.15) is 12.5 Å². The Hall–Kier alpha value is -2.12. The third kappa shape index (κ3) is 4.49. The number of para-hydroxylation sites is 2. The summed E-state index contributed by atoms with van der Waals surface area (Å²) in [4.78, 5) is 16.6. The Morgan fingerprint density at radius 2 is 2.16 bits per heavy atom. The molecular weight excluding hydrogens is 400 g/mol. The molecule has 0 aliphatic rings. The number of imidazole rings is 1. The van der Waals surface area contributed by atoms with Gasteiger partial charge >= 0.3 is 0 Å². The normalized spacial score (nSPS) is 11.3. The molecule has 1 heterocycles. The van der Waals surface area contributed by atoms with Gasteiger partial charge in [0.2, 0.25) is 0 Å². The molecule has 0 saturated heterocycles. The minimum atomic E-state index is -0.161. The van der Waals surface area contributed by atoms with Gasteiger partial charge < -0.3 is 4.57 Å². The Bertz CT molecular complexity index is 922. The van der Waals surface area contributed by atoms with Crippen molar-refractivity contribution in [1.82, 2.24) is 15.0 Å². The van der Waals surface area contributed by atoms with Gasteiger partial charge in [0.1, 0.15) is 0 Å². The topological polar surface area (TPSA) is 59.3 Å². The zero-order valence-electron chi connectivity index (χ0n) is 13.6. The predicted octanol–water partition coefficient (Wildman–Crippen LogP) is 4.06. The van der Waals surface area contributed by atoms with E-state index < -0.39 is 0 Å². The molecule has 0 saturated carbocycles. The number of carbonyl (C=O) groups is 1. The monoisotopic (exact) mass is 416 g/mol. The lowest BCUT2D eigenvalue weighted by molar-refractivity contribution is -0.118. The molecule has 0 unspecified atom stereocenters. The van der Waals surface area contributed by atoms with Crippen molar-refractivity contribution >= 4 is 50.8 Å². The Labute approximate surface area is 158 Å². The van der Waals surface area contributed by atoms with Gasteiger partial charge in [-0.2, -0.15) is 5.10 Å². The Balaban J connectivity index is 1.59. The fourth-order valence-corrected chi connectivity index (χ4v) is 3.69. The summed E-state index contributed by atoms with van der Waals surface area (Å²) in [6.07, 6.45) is 1.62. The lowest BCUT2D eigenvalue weighted by atomic mass is 10.2. The van der Waals surface area contributed by atoms with Gasteiger partial charge in [-0.3, -0.25) is 4.79 Å². The number of aromatic nitrogens is 2. The molecule has 1 N–H and O–H groups in total. The van der Waals surface area contributed by atoms with Gasteiger partial charge in [0, 0.05) is 11.0 Å². The van der Waals surface area contributed by atoms with Crippen LogP contribution in [0, 0.1) is 0 Å². The summed E-state index contributed by atoms with van der Waals surface area (Å²) >= 11 is 4.81. The van der Waals surface area contributed by atoms with E-state index in [0.717, 1.165) is 32.8 Å². The van der Waals surface area contributed by atoms with Gasteiger partial charge in [0.25, 0.3) is 5.91 Å². The second kappa shape index (κ2) is 8.31. The highest BCUT2D eigenvalue weighted by Crippen LogP contribution is 2.23. The molecule has 0 bridgehead atoms. The number of nitrogens with zero attached hydrogens (tertiary/aromatic N) is 3. The molecule has 3 aromatic rings. The zero-order valence-corrected chi connectivity index (χ0v) is 16.0. The van der Waals surface area contributed by atoms with Crippen LogP contribution in [0.4, 0.5) is 0 Å². The minimum absolute atomic E-state index is 0.161. The quantitative estimate of drug-likeness (QED) is 0.374. The standard InChI is InChI=1S/C18H17BrN4OS/c1-2-23-16-9-4-3-8-15(16)21-18(23)25-12-17(24)22-20-11-13-6-5-7-14(19)10-13/h3-11H,2,12H2,1H3,(H,22,24). The summed E-state index contributed by atoms with van der Waals surface area (Å²) in [6, 6.07) is 15.7. The molecule has 0 atom stereocenters. The minimum Gasteiger partial charge on any atom is -0.319 e. The van der Waals surface area contributed by atoms with E-state index in [4.69, 9.17) is 0 Å². The van der Waals surface area contributed by atoms with Crippen molar-refractivity contribution in [3.63, 3.8) is 0 Å². The average molecular weight is 417 g/mol. The lowest BCUT2D eigenvalue weighted by Crippen LogP contribution is -2.20. The van der Waals surface area contributed by atoms with E-state index in [0.29, 0.717) is 0 Å². The first-order valence-corrected chi connectivity index (χ1v) is 9.61. The van der Waals surface area contributed by atoms with Crippen molar-refractivity contribution in [1.29, 1.82) is 0 Å². The Kier molecular flexibility index (Phi) is 5.88. The average Bonchev–Trinajstić information content (AvgIpc) is 2.97. The number of halogens is 1.